The first kappa shape index (κ1) is 16.7. The first-order chi connectivity index (χ1) is 3.63. The molecular formula is C2H15FeN7+2. The van der Waals surface area contributed by atoms with Crippen LogP contribution >= 0.6 is 0 Å². The largest absolute Gasteiger partial charge is 2.00 e. The average Bonchev–Trinajstić information content (AvgIpc) is 1.61. The molecule has 0 rings (SSSR count). The van der Waals surface area contributed by atoms with E-state index in [1.807, 2.05) is 0 Å². The minimum atomic E-state index is 0. The molecule has 0 aromatic carbocycles. The minimum Gasteiger partial charge on any atom is -0.344 e. The molecular weight excluding hydrogens is 178 g/mol. The number of nitrogens with zero attached hydrogens (tertiary/aromatic N) is 2. The van der Waals surface area contributed by atoms with Gasteiger partial charge in [0.2, 0.25) is 0 Å². The molecule has 0 saturated carbocycles. The summed E-state index contributed by atoms with van der Waals surface area (Å²) in [7, 11) is 0. The molecule has 10 heavy (non-hydrogen) atoms. The van der Waals surface area contributed by atoms with Gasteiger partial charge >= 0.3 is 17.1 Å². The first-order valence-corrected chi connectivity index (χ1v) is 2.17. The fourth-order valence-electron chi connectivity index (χ4n) is 0.231. The second-order valence-electron chi connectivity index (χ2n) is 1.48. The van der Waals surface area contributed by atoms with E-state index < -0.39 is 0 Å². The molecule has 64 valence electrons. The Labute approximate surface area is 70.6 Å². The van der Waals surface area contributed by atoms with Gasteiger partial charge < -0.3 is 6.15 Å². The molecule has 0 aromatic heterocycles. The van der Waals surface area contributed by atoms with Gasteiger partial charge in [-0.15, -0.1) is 0 Å². The van der Waals surface area contributed by atoms with E-state index in [4.69, 9.17) is 23.4 Å². The molecule has 8 heteroatoms. The van der Waals surface area contributed by atoms with E-state index in [0.717, 1.165) is 10.2 Å². The van der Waals surface area contributed by atoms with E-state index in [0.29, 0.717) is 13.1 Å². The van der Waals surface area contributed by atoms with Crippen molar-refractivity contribution in [2.24, 2.45) is 23.4 Å². The van der Waals surface area contributed by atoms with E-state index in [1.54, 1.807) is 0 Å². The maximum absolute atomic E-state index is 5.01. The predicted molar refractivity (Wildman–Crippen MR) is 35.2 cm³/mol. The van der Waals surface area contributed by atoms with Gasteiger partial charge in [-0.3, -0.25) is 23.4 Å². The Bertz CT molecular complexity index is 47.6. The average molecular weight is 193 g/mol. The van der Waals surface area contributed by atoms with Gasteiger partial charge in [-0.1, -0.05) is 0 Å². The predicted octanol–water partition coefficient (Wildman–Crippen LogP) is -2.76. The van der Waals surface area contributed by atoms with Crippen LogP contribution in [0, 0.1) is 0 Å². The number of rotatable bonds is 3. The van der Waals surface area contributed by atoms with Crippen molar-refractivity contribution in [3.8, 4) is 0 Å². The molecule has 0 aliphatic rings. The van der Waals surface area contributed by atoms with Gasteiger partial charge in [-0.05, 0) is 0 Å². The molecule has 0 fully saturated rings. The Hall–Kier alpha value is 0.239. The Morgan fingerprint density at radius 3 is 1.10 bits per heavy atom. The van der Waals surface area contributed by atoms with Crippen LogP contribution in [0.5, 0.6) is 0 Å². The van der Waals surface area contributed by atoms with Crippen molar-refractivity contribution in [1.82, 2.24) is 16.4 Å². The van der Waals surface area contributed by atoms with E-state index >= 15 is 0 Å². The van der Waals surface area contributed by atoms with Crippen LogP contribution in [0.25, 0.3) is 0 Å². The minimum absolute atomic E-state index is 0. The van der Waals surface area contributed by atoms with Crippen molar-refractivity contribution in [3.63, 3.8) is 0 Å². The van der Waals surface area contributed by atoms with E-state index in [9.17, 15) is 0 Å². The third-order valence-corrected chi connectivity index (χ3v) is 0.616. The molecule has 7 nitrogen and oxygen atoms in total. The summed E-state index contributed by atoms with van der Waals surface area (Å²) >= 11 is 0. The van der Waals surface area contributed by atoms with E-state index in [-0.39, 0.29) is 23.2 Å². The van der Waals surface area contributed by atoms with Gasteiger partial charge in [0.25, 0.3) is 0 Å². The van der Waals surface area contributed by atoms with Gasteiger partial charge in [0.05, 0.1) is 0 Å². The summed E-state index contributed by atoms with van der Waals surface area (Å²) in [6.07, 6.45) is 0. The zero-order valence-corrected chi connectivity index (χ0v) is 6.78. The van der Waals surface area contributed by atoms with Crippen molar-refractivity contribution < 1.29 is 17.1 Å². The second kappa shape index (κ2) is 9.24. The zero-order valence-electron chi connectivity index (χ0n) is 5.68. The molecule has 0 aliphatic heterocycles. The number of hydrogen-bond acceptors (Lipinski definition) is 7. The molecule has 0 atom stereocenters. The Balaban J connectivity index is -0.000000245. The quantitative estimate of drug-likeness (QED) is 0.185. The van der Waals surface area contributed by atoms with Crippen LogP contribution < -0.4 is 29.5 Å². The standard InChI is InChI=1S/C2H12N6.Fe.H3N/c3-7(4)1-2-8(5)6;;/h1-6H2;;1H3/q;+2;. The van der Waals surface area contributed by atoms with Gasteiger partial charge in [-0.25, -0.2) is 0 Å². The van der Waals surface area contributed by atoms with Crippen molar-refractivity contribution in [3.05, 3.63) is 0 Å². The normalized spacial score (nSPS) is 9.00. The monoisotopic (exact) mass is 193 g/mol. The van der Waals surface area contributed by atoms with E-state index in [1.165, 1.54) is 0 Å². The second-order valence-corrected chi connectivity index (χ2v) is 1.48. The molecule has 0 saturated heterocycles. The SMILES string of the molecule is N.NN(N)CCN(N)N.[Fe+2]. The summed E-state index contributed by atoms with van der Waals surface area (Å²) < 4.78 is 0. The van der Waals surface area contributed by atoms with Crippen LogP contribution in [0.2, 0.25) is 0 Å². The molecule has 0 unspecified atom stereocenters. The van der Waals surface area contributed by atoms with Crippen LogP contribution in [0.3, 0.4) is 0 Å². The maximum atomic E-state index is 5.01. The van der Waals surface area contributed by atoms with Gasteiger partial charge in [0, 0.05) is 13.1 Å². The summed E-state index contributed by atoms with van der Waals surface area (Å²) in [6.45, 7) is 0.903. The summed E-state index contributed by atoms with van der Waals surface area (Å²) in [6, 6.07) is 0. The van der Waals surface area contributed by atoms with Gasteiger partial charge in [0.1, 0.15) is 0 Å². The molecule has 0 heterocycles. The topological polar surface area (TPSA) is 146 Å². The van der Waals surface area contributed by atoms with Gasteiger partial charge in [-0.2, -0.15) is 10.2 Å². The summed E-state index contributed by atoms with van der Waals surface area (Å²) in [5, 5.41) is 2.04. The van der Waals surface area contributed by atoms with E-state index in [2.05, 4.69) is 0 Å². The van der Waals surface area contributed by atoms with Crippen molar-refractivity contribution in [1.29, 1.82) is 0 Å². The number of hydrogen-bond donors (Lipinski definition) is 5. The number of hydrazine groups is 4. The molecule has 0 aliphatic carbocycles. The zero-order chi connectivity index (χ0) is 6.57. The summed E-state index contributed by atoms with van der Waals surface area (Å²) in [5.74, 6) is 20.1. The maximum Gasteiger partial charge on any atom is 2.00 e. The molecule has 0 radical (unpaired) electrons. The van der Waals surface area contributed by atoms with Crippen LogP contribution in [0.4, 0.5) is 0 Å². The fraction of sp³-hybridized carbons (Fsp3) is 1.00. The van der Waals surface area contributed by atoms with Crippen LogP contribution in [0.15, 0.2) is 0 Å². The fourth-order valence-corrected chi connectivity index (χ4v) is 0.231. The third-order valence-electron chi connectivity index (χ3n) is 0.616. The first-order valence-electron chi connectivity index (χ1n) is 2.17. The van der Waals surface area contributed by atoms with Crippen LogP contribution in [-0.4, -0.2) is 23.3 Å². The van der Waals surface area contributed by atoms with Crippen molar-refractivity contribution >= 4 is 0 Å². The summed E-state index contributed by atoms with van der Waals surface area (Å²) in [5.41, 5.74) is 0. The Kier molecular flexibility index (Phi) is 15.4. The van der Waals surface area contributed by atoms with Crippen molar-refractivity contribution in [2.75, 3.05) is 13.1 Å². The van der Waals surface area contributed by atoms with Crippen LogP contribution in [-0.2, 0) is 17.1 Å². The molecule has 0 bridgehead atoms. The van der Waals surface area contributed by atoms with Crippen molar-refractivity contribution in [2.45, 2.75) is 0 Å². The number of nitrogens with two attached hydrogens (primary N) is 4. The molecule has 11 N–H and O–H groups in total. The molecule has 0 aromatic rings. The molecule has 0 amide bonds. The van der Waals surface area contributed by atoms with Gasteiger partial charge in [0.15, 0.2) is 0 Å². The summed E-state index contributed by atoms with van der Waals surface area (Å²) in [4.78, 5) is 0. The van der Waals surface area contributed by atoms with Crippen LogP contribution in [0.1, 0.15) is 0 Å². The Morgan fingerprint density at radius 1 is 0.800 bits per heavy atom. The smallest absolute Gasteiger partial charge is 0.344 e. The Morgan fingerprint density at radius 2 is 1.00 bits per heavy atom. The molecule has 0 spiro atoms. The third kappa shape index (κ3) is 15.7.